The highest BCUT2D eigenvalue weighted by molar-refractivity contribution is 6.30. The van der Waals surface area contributed by atoms with Crippen LogP contribution in [0.15, 0.2) is 24.3 Å². The van der Waals surface area contributed by atoms with Crippen molar-refractivity contribution in [2.75, 3.05) is 20.8 Å². The zero-order valence-corrected chi connectivity index (χ0v) is 15.0. The summed E-state index contributed by atoms with van der Waals surface area (Å²) in [7, 11) is 2.86. The van der Waals surface area contributed by atoms with E-state index in [0.717, 1.165) is 0 Å². The number of methoxy groups -OCH3 is 2. The third kappa shape index (κ3) is 3.99. The van der Waals surface area contributed by atoms with Crippen molar-refractivity contribution in [3.8, 4) is 5.75 Å². The van der Waals surface area contributed by atoms with E-state index in [0.29, 0.717) is 23.7 Å². The summed E-state index contributed by atoms with van der Waals surface area (Å²) in [5.74, 6) is -0.229. The third-order valence-corrected chi connectivity index (χ3v) is 4.28. The minimum absolute atomic E-state index is 0.204. The van der Waals surface area contributed by atoms with Gasteiger partial charge in [0.2, 0.25) is 0 Å². The molecular formula is C17H22ClNO5. The van der Waals surface area contributed by atoms with Crippen LogP contribution < -0.4 is 4.74 Å². The fraction of sp³-hybridized carbons (Fsp3) is 0.529. The van der Waals surface area contributed by atoms with E-state index in [9.17, 15) is 9.59 Å². The topological polar surface area (TPSA) is 65.1 Å². The van der Waals surface area contributed by atoms with Gasteiger partial charge in [0.1, 0.15) is 11.8 Å². The molecule has 1 amide bonds. The number of hydrogen-bond donors (Lipinski definition) is 0. The summed E-state index contributed by atoms with van der Waals surface area (Å²) in [6, 6.07) is 6.09. The summed E-state index contributed by atoms with van der Waals surface area (Å²) in [6.45, 7) is 3.65. The Morgan fingerprint density at radius 2 is 1.83 bits per heavy atom. The van der Waals surface area contributed by atoms with Crippen LogP contribution in [0.25, 0.3) is 0 Å². The van der Waals surface area contributed by atoms with E-state index in [1.54, 1.807) is 45.2 Å². The lowest BCUT2D eigenvalue weighted by Gasteiger charge is -2.32. The van der Waals surface area contributed by atoms with Gasteiger partial charge in [0.15, 0.2) is 5.60 Å². The van der Waals surface area contributed by atoms with Crippen LogP contribution >= 0.6 is 11.6 Å². The summed E-state index contributed by atoms with van der Waals surface area (Å²) in [5, 5.41) is 0.583. The van der Waals surface area contributed by atoms with Crippen molar-refractivity contribution >= 4 is 23.5 Å². The van der Waals surface area contributed by atoms with Gasteiger partial charge in [0.25, 0.3) is 5.91 Å². The number of benzene rings is 1. The molecule has 1 saturated heterocycles. The van der Waals surface area contributed by atoms with Crippen molar-refractivity contribution in [1.82, 2.24) is 4.90 Å². The minimum atomic E-state index is -1.15. The summed E-state index contributed by atoms with van der Waals surface area (Å²) in [4.78, 5) is 26.4. The Bertz CT molecular complexity index is 602. The number of esters is 1. The molecule has 1 aliphatic rings. The molecule has 1 aliphatic heterocycles. The molecule has 132 valence electrons. The Balaban J connectivity index is 2.17. The molecule has 1 aromatic carbocycles. The molecule has 0 saturated carbocycles. The van der Waals surface area contributed by atoms with Gasteiger partial charge in [-0.1, -0.05) is 11.6 Å². The Hall–Kier alpha value is -1.79. The first kappa shape index (κ1) is 18.5. The molecular weight excluding hydrogens is 334 g/mol. The molecule has 0 aliphatic carbocycles. The van der Waals surface area contributed by atoms with Crippen LogP contribution in [-0.2, 0) is 19.1 Å². The number of halogens is 1. The normalized spacial score (nSPS) is 20.8. The second-order valence-corrected chi connectivity index (χ2v) is 6.59. The van der Waals surface area contributed by atoms with Crippen LogP contribution in [0.3, 0.4) is 0 Å². The lowest BCUT2D eigenvalue weighted by molar-refractivity contribution is -0.156. The molecule has 2 unspecified atom stereocenters. The highest BCUT2D eigenvalue weighted by atomic mass is 35.5. The molecule has 0 spiro atoms. The second kappa shape index (κ2) is 7.40. The summed E-state index contributed by atoms with van der Waals surface area (Å²) < 4.78 is 15.9. The average Bonchev–Trinajstić information content (AvgIpc) is 2.99. The van der Waals surface area contributed by atoms with Gasteiger partial charge in [-0.15, -0.1) is 0 Å². The lowest BCUT2D eigenvalue weighted by atomic mass is 10.1. The van der Waals surface area contributed by atoms with Gasteiger partial charge >= 0.3 is 5.97 Å². The first-order valence-corrected chi connectivity index (χ1v) is 8.02. The first-order chi connectivity index (χ1) is 11.3. The average molecular weight is 356 g/mol. The van der Waals surface area contributed by atoms with Gasteiger partial charge in [0, 0.05) is 25.1 Å². The first-order valence-electron chi connectivity index (χ1n) is 7.64. The highest BCUT2D eigenvalue weighted by Crippen LogP contribution is 2.27. The number of likely N-dealkylation sites (tertiary alicyclic amines) is 1. The Morgan fingerprint density at radius 3 is 2.38 bits per heavy atom. The largest absolute Gasteiger partial charge is 0.478 e. The molecule has 7 heteroatoms. The van der Waals surface area contributed by atoms with Crippen LogP contribution in [0.1, 0.15) is 20.3 Å². The van der Waals surface area contributed by atoms with E-state index in [2.05, 4.69) is 0 Å². The van der Waals surface area contributed by atoms with Crippen molar-refractivity contribution in [2.45, 2.75) is 38.0 Å². The van der Waals surface area contributed by atoms with Crippen molar-refractivity contribution in [1.29, 1.82) is 0 Å². The number of ether oxygens (including phenoxy) is 3. The van der Waals surface area contributed by atoms with E-state index >= 15 is 0 Å². The van der Waals surface area contributed by atoms with Crippen LogP contribution in [0.2, 0.25) is 5.02 Å². The maximum atomic E-state index is 12.9. The van der Waals surface area contributed by atoms with E-state index in [1.165, 1.54) is 12.0 Å². The van der Waals surface area contributed by atoms with Gasteiger partial charge in [-0.3, -0.25) is 4.79 Å². The van der Waals surface area contributed by atoms with Crippen LogP contribution in [0, 0.1) is 0 Å². The van der Waals surface area contributed by atoms with E-state index in [4.69, 9.17) is 25.8 Å². The van der Waals surface area contributed by atoms with E-state index in [1.807, 2.05) is 0 Å². The molecule has 1 aromatic rings. The van der Waals surface area contributed by atoms with Crippen LogP contribution in [-0.4, -0.2) is 55.3 Å². The number of hydrogen-bond acceptors (Lipinski definition) is 5. The van der Waals surface area contributed by atoms with Crippen molar-refractivity contribution in [3.63, 3.8) is 0 Å². The summed E-state index contributed by atoms with van der Waals surface area (Å²) >= 11 is 5.85. The lowest BCUT2D eigenvalue weighted by Crippen LogP contribution is -2.52. The number of amides is 1. The number of nitrogens with zero attached hydrogens (tertiary/aromatic N) is 1. The molecule has 1 fully saturated rings. The number of rotatable bonds is 5. The maximum Gasteiger partial charge on any atom is 0.328 e. The highest BCUT2D eigenvalue weighted by Gasteiger charge is 2.46. The third-order valence-electron chi connectivity index (χ3n) is 4.03. The van der Waals surface area contributed by atoms with Crippen LogP contribution in [0.5, 0.6) is 5.75 Å². The van der Waals surface area contributed by atoms with Gasteiger partial charge in [0.05, 0.1) is 13.2 Å². The predicted molar refractivity (Wildman–Crippen MR) is 89.1 cm³/mol. The molecule has 6 nitrogen and oxygen atoms in total. The standard InChI is InChI=1S/C17H22ClNO5/c1-17(2,24-12-7-5-11(18)6-8-12)16(21)19-10-13(22-3)9-14(19)15(20)23-4/h5-8,13-14H,9-10H2,1-4H3. The van der Waals surface area contributed by atoms with Gasteiger partial charge < -0.3 is 19.1 Å². The molecule has 1 heterocycles. The van der Waals surface area contributed by atoms with Gasteiger partial charge in [-0.25, -0.2) is 4.79 Å². The second-order valence-electron chi connectivity index (χ2n) is 6.16. The summed E-state index contributed by atoms with van der Waals surface area (Å²) in [5.41, 5.74) is -1.15. The monoisotopic (exact) mass is 355 g/mol. The molecule has 2 atom stereocenters. The Morgan fingerprint density at radius 1 is 1.21 bits per heavy atom. The number of carbonyl (C=O) groups is 2. The van der Waals surface area contributed by atoms with Crippen molar-refractivity contribution < 1.29 is 23.8 Å². The minimum Gasteiger partial charge on any atom is -0.478 e. The SMILES string of the molecule is COC(=O)C1CC(OC)CN1C(=O)C(C)(C)Oc1ccc(Cl)cc1. The molecule has 2 rings (SSSR count). The van der Waals surface area contributed by atoms with E-state index < -0.39 is 17.6 Å². The summed E-state index contributed by atoms with van der Waals surface area (Å²) in [6.07, 6.45) is 0.204. The Labute approximate surface area is 146 Å². The zero-order chi connectivity index (χ0) is 17.9. The zero-order valence-electron chi connectivity index (χ0n) is 14.2. The fourth-order valence-electron chi connectivity index (χ4n) is 2.74. The van der Waals surface area contributed by atoms with Crippen LogP contribution in [0.4, 0.5) is 0 Å². The maximum absolute atomic E-state index is 12.9. The molecule has 0 N–H and O–H groups in total. The van der Waals surface area contributed by atoms with Crippen molar-refractivity contribution in [3.05, 3.63) is 29.3 Å². The number of carbonyl (C=O) groups excluding carboxylic acids is 2. The fourth-order valence-corrected chi connectivity index (χ4v) is 2.86. The predicted octanol–water partition coefficient (Wildman–Crippen LogP) is 2.29. The van der Waals surface area contributed by atoms with Gasteiger partial charge in [-0.2, -0.15) is 0 Å². The smallest absolute Gasteiger partial charge is 0.328 e. The molecule has 0 radical (unpaired) electrons. The van der Waals surface area contributed by atoms with E-state index in [-0.39, 0.29) is 12.0 Å². The van der Waals surface area contributed by atoms with Gasteiger partial charge in [-0.05, 0) is 38.1 Å². The molecule has 0 bridgehead atoms. The molecule has 0 aromatic heterocycles. The Kier molecular flexibility index (Phi) is 5.72. The quantitative estimate of drug-likeness (QED) is 0.758. The molecule has 24 heavy (non-hydrogen) atoms. The van der Waals surface area contributed by atoms with Crippen molar-refractivity contribution in [2.24, 2.45) is 0 Å².